The second kappa shape index (κ2) is 8.25. The Kier molecular flexibility index (Phi) is 5.80. The van der Waals surface area contributed by atoms with Crippen molar-refractivity contribution in [3.8, 4) is 5.75 Å². The van der Waals surface area contributed by atoms with E-state index in [-0.39, 0.29) is 4.90 Å². The van der Waals surface area contributed by atoms with Crippen LogP contribution in [-0.4, -0.2) is 20.5 Å². The van der Waals surface area contributed by atoms with Crippen LogP contribution in [0.5, 0.6) is 5.75 Å². The fraction of sp³-hybridized carbons (Fsp3) is 0.105. The van der Waals surface area contributed by atoms with Crippen LogP contribution in [0.2, 0.25) is 0 Å². The van der Waals surface area contributed by atoms with E-state index in [0.717, 1.165) is 16.2 Å². The van der Waals surface area contributed by atoms with Crippen molar-refractivity contribution in [2.45, 2.75) is 15.5 Å². The molecule has 0 fully saturated rings. The minimum Gasteiger partial charge on any atom is -0.497 e. The van der Waals surface area contributed by atoms with Crippen LogP contribution < -0.4 is 9.46 Å². The number of aromatic nitrogens is 1. The van der Waals surface area contributed by atoms with E-state index < -0.39 is 10.0 Å². The van der Waals surface area contributed by atoms with Crippen molar-refractivity contribution >= 4 is 27.5 Å². The number of ether oxygens (including phenoxy) is 1. The number of rotatable bonds is 7. The molecular weight excluding hydrogens is 368 g/mol. The number of benzene rings is 2. The van der Waals surface area contributed by atoms with Crippen molar-refractivity contribution in [3.05, 3.63) is 78.6 Å². The SMILES string of the molecule is COc1ccc(S(=O)(=O)Nc2ccc(SCc3cccnc3)cc2)cc1. The molecule has 0 aliphatic rings. The first-order valence-electron chi connectivity index (χ1n) is 7.85. The van der Waals surface area contributed by atoms with Crippen LogP contribution in [0.4, 0.5) is 5.69 Å². The molecule has 0 spiro atoms. The molecule has 0 unspecified atom stereocenters. The maximum Gasteiger partial charge on any atom is 0.261 e. The second-order valence-corrected chi connectivity index (χ2v) is 8.19. The minimum absolute atomic E-state index is 0.188. The van der Waals surface area contributed by atoms with Gasteiger partial charge in [0.05, 0.1) is 12.0 Å². The molecule has 5 nitrogen and oxygen atoms in total. The van der Waals surface area contributed by atoms with E-state index in [1.807, 2.05) is 30.5 Å². The van der Waals surface area contributed by atoms with Gasteiger partial charge in [0.2, 0.25) is 0 Å². The summed E-state index contributed by atoms with van der Waals surface area (Å²) < 4.78 is 32.5. The Bertz CT molecular complexity index is 942. The van der Waals surface area contributed by atoms with Gasteiger partial charge in [0.15, 0.2) is 0 Å². The number of hydrogen-bond donors (Lipinski definition) is 1. The number of pyridine rings is 1. The standard InChI is InChI=1S/C19H18N2O3S2/c1-24-17-6-10-19(11-7-17)26(22,23)21-16-4-8-18(9-5-16)25-14-15-3-2-12-20-13-15/h2-13,21H,14H2,1H3. The zero-order valence-corrected chi connectivity index (χ0v) is 15.8. The summed E-state index contributed by atoms with van der Waals surface area (Å²) in [4.78, 5) is 5.34. The van der Waals surface area contributed by atoms with Gasteiger partial charge in [-0.15, -0.1) is 11.8 Å². The van der Waals surface area contributed by atoms with Crippen LogP contribution >= 0.6 is 11.8 Å². The Balaban J connectivity index is 1.64. The summed E-state index contributed by atoms with van der Waals surface area (Å²) in [7, 11) is -2.09. The van der Waals surface area contributed by atoms with Gasteiger partial charge >= 0.3 is 0 Å². The summed E-state index contributed by atoms with van der Waals surface area (Å²) in [6.07, 6.45) is 3.59. The predicted molar refractivity (Wildman–Crippen MR) is 104 cm³/mol. The Hall–Kier alpha value is -2.51. The average molecular weight is 386 g/mol. The van der Waals surface area contributed by atoms with Crippen LogP contribution in [0.15, 0.2) is 82.8 Å². The molecule has 3 rings (SSSR count). The van der Waals surface area contributed by atoms with Crippen molar-refractivity contribution in [1.29, 1.82) is 0 Å². The first kappa shape index (κ1) is 18.3. The molecular formula is C19H18N2O3S2. The van der Waals surface area contributed by atoms with E-state index in [9.17, 15) is 8.42 Å². The van der Waals surface area contributed by atoms with Crippen LogP contribution in [-0.2, 0) is 15.8 Å². The number of hydrogen-bond acceptors (Lipinski definition) is 5. The summed E-state index contributed by atoms with van der Waals surface area (Å²) >= 11 is 1.67. The maximum atomic E-state index is 12.4. The lowest BCUT2D eigenvalue weighted by Crippen LogP contribution is -2.12. The maximum absolute atomic E-state index is 12.4. The number of thioether (sulfide) groups is 1. The van der Waals surface area contributed by atoms with Crippen molar-refractivity contribution in [3.63, 3.8) is 0 Å². The fourth-order valence-corrected chi connectivity index (χ4v) is 4.13. The quantitative estimate of drug-likeness (QED) is 0.617. The molecule has 1 aromatic heterocycles. The van der Waals surface area contributed by atoms with Gasteiger partial charge in [-0.2, -0.15) is 0 Å². The highest BCUT2D eigenvalue weighted by molar-refractivity contribution is 7.98. The van der Waals surface area contributed by atoms with E-state index in [2.05, 4.69) is 9.71 Å². The number of methoxy groups -OCH3 is 1. The van der Waals surface area contributed by atoms with Crippen LogP contribution in [0.1, 0.15) is 5.56 Å². The highest BCUT2D eigenvalue weighted by Crippen LogP contribution is 2.25. The first-order chi connectivity index (χ1) is 12.6. The van der Waals surface area contributed by atoms with Gasteiger partial charge in [-0.25, -0.2) is 8.42 Å². The van der Waals surface area contributed by atoms with Gasteiger partial charge < -0.3 is 4.74 Å². The molecule has 0 saturated heterocycles. The van der Waals surface area contributed by atoms with Gasteiger partial charge in [0.25, 0.3) is 10.0 Å². The minimum atomic E-state index is -3.63. The second-order valence-electron chi connectivity index (χ2n) is 5.46. The van der Waals surface area contributed by atoms with E-state index >= 15 is 0 Å². The lowest BCUT2D eigenvalue weighted by atomic mass is 10.3. The Labute approximate surface area is 157 Å². The number of nitrogens with zero attached hydrogens (tertiary/aromatic N) is 1. The van der Waals surface area contributed by atoms with Gasteiger partial charge in [-0.1, -0.05) is 6.07 Å². The predicted octanol–water partition coefficient (Wildman–Crippen LogP) is 4.18. The molecule has 3 aromatic rings. The smallest absolute Gasteiger partial charge is 0.261 e. The molecule has 0 atom stereocenters. The molecule has 1 N–H and O–H groups in total. The van der Waals surface area contributed by atoms with Gasteiger partial charge in [-0.05, 0) is 60.2 Å². The molecule has 0 amide bonds. The summed E-state index contributed by atoms with van der Waals surface area (Å²) in [5, 5.41) is 0. The molecule has 0 bridgehead atoms. The average Bonchev–Trinajstić information content (AvgIpc) is 2.68. The largest absolute Gasteiger partial charge is 0.497 e. The van der Waals surface area contributed by atoms with Crippen molar-refractivity contribution in [2.24, 2.45) is 0 Å². The van der Waals surface area contributed by atoms with E-state index in [1.165, 1.54) is 19.2 Å². The van der Waals surface area contributed by atoms with Gasteiger partial charge in [0.1, 0.15) is 5.75 Å². The molecule has 0 aliphatic carbocycles. The third kappa shape index (κ3) is 4.77. The van der Waals surface area contributed by atoms with E-state index in [4.69, 9.17) is 4.74 Å². The summed E-state index contributed by atoms with van der Waals surface area (Å²) in [6, 6.07) is 17.5. The van der Waals surface area contributed by atoms with Gasteiger partial charge in [0, 0.05) is 28.7 Å². The van der Waals surface area contributed by atoms with Crippen LogP contribution in [0.3, 0.4) is 0 Å². The highest BCUT2D eigenvalue weighted by atomic mass is 32.2. The van der Waals surface area contributed by atoms with Crippen molar-refractivity contribution in [2.75, 3.05) is 11.8 Å². The zero-order valence-electron chi connectivity index (χ0n) is 14.1. The Morgan fingerprint density at radius 1 is 1.04 bits per heavy atom. The summed E-state index contributed by atoms with van der Waals surface area (Å²) in [6.45, 7) is 0. The Morgan fingerprint density at radius 2 is 1.77 bits per heavy atom. The van der Waals surface area contributed by atoms with Crippen LogP contribution in [0, 0.1) is 0 Å². The monoisotopic (exact) mass is 386 g/mol. The highest BCUT2D eigenvalue weighted by Gasteiger charge is 2.14. The number of nitrogens with one attached hydrogen (secondary N) is 1. The van der Waals surface area contributed by atoms with E-state index in [0.29, 0.717) is 11.4 Å². The molecule has 26 heavy (non-hydrogen) atoms. The lowest BCUT2D eigenvalue weighted by Gasteiger charge is -2.09. The molecule has 2 aromatic carbocycles. The summed E-state index contributed by atoms with van der Waals surface area (Å²) in [5.41, 5.74) is 1.66. The Morgan fingerprint density at radius 3 is 2.38 bits per heavy atom. The fourth-order valence-electron chi connectivity index (χ4n) is 2.24. The third-order valence-corrected chi connectivity index (χ3v) is 6.08. The topological polar surface area (TPSA) is 68.3 Å². The molecule has 0 radical (unpaired) electrons. The van der Waals surface area contributed by atoms with Crippen LogP contribution in [0.25, 0.3) is 0 Å². The van der Waals surface area contributed by atoms with Gasteiger partial charge in [-0.3, -0.25) is 9.71 Å². The summed E-state index contributed by atoms with van der Waals surface area (Å²) in [5.74, 6) is 1.42. The first-order valence-corrected chi connectivity index (χ1v) is 10.3. The van der Waals surface area contributed by atoms with E-state index in [1.54, 1.807) is 42.2 Å². The lowest BCUT2D eigenvalue weighted by molar-refractivity contribution is 0.414. The number of anilines is 1. The molecule has 0 saturated carbocycles. The zero-order chi connectivity index (χ0) is 18.4. The molecule has 1 heterocycles. The number of sulfonamides is 1. The molecule has 134 valence electrons. The molecule has 7 heteroatoms. The third-order valence-electron chi connectivity index (χ3n) is 3.60. The molecule has 0 aliphatic heterocycles. The van der Waals surface area contributed by atoms with Crippen molar-refractivity contribution < 1.29 is 13.2 Å². The normalized spacial score (nSPS) is 11.1. The van der Waals surface area contributed by atoms with Crippen molar-refractivity contribution in [1.82, 2.24) is 4.98 Å².